The van der Waals surface area contributed by atoms with Crippen LogP contribution in [0.3, 0.4) is 0 Å². The van der Waals surface area contributed by atoms with E-state index in [4.69, 9.17) is 14.6 Å². The van der Waals surface area contributed by atoms with Crippen LogP contribution in [-0.2, 0) is 4.74 Å². The van der Waals surface area contributed by atoms with Gasteiger partial charge in [-0.1, -0.05) is 11.8 Å². The Bertz CT molecular complexity index is 461. The predicted molar refractivity (Wildman–Crippen MR) is 77.8 cm³/mol. The fraction of sp³-hybridized carbons (Fsp3) is 0.500. The van der Waals surface area contributed by atoms with Gasteiger partial charge in [-0.05, 0) is 30.7 Å². The lowest BCUT2D eigenvalue weighted by Gasteiger charge is -2.15. The lowest BCUT2D eigenvalue weighted by atomic mass is 10.2. The zero-order valence-electron chi connectivity index (χ0n) is 11.8. The molecule has 2 rings (SSSR count). The van der Waals surface area contributed by atoms with Crippen molar-refractivity contribution in [2.75, 3.05) is 40.0 Å². The Morgan fingerprint density at radius 1 is 1.35 bits per heavy atom. The van der Waals surface area contributed by atoms with E-state index in [1.54, 1.807) is 7.11 Å². The highest BCUT2D eigenvalue weighted by atomic mass is 16.5. The van der Waals surface area contributed by atoms with Crippen LogP contribution in [0.2, 0.25) is 0 Å². The van der Waals surface area contributed by atoms with Crippen molar-refractivity contribution in [3.05, 3.63) is 29.8 Å². The second kappa shape index (κ2) is 7.91. The second-order valence-corrected chi connectivity index (χ2v) is 4.78. The van der Waals surface area contributed by atoms with Crippen LogP contribution < -0.4 is 4.74 Å². The standard InChI is InChI=1S/C16H21NO3/c1-19-16-8-9-17(13-16)10-12-20-15-6-4-14(5-7-15)3-2-11-18/h4-7,16,18H,8-13H2,1H3. The van der Waals surface area contributed by atoms with Gasteiger partial charge < -0.3 is 14.6 Å². The van der Waals surface area contributed by atoms with E-state index in [1.165, 1.54) is 0 Å². The Hall–Kier alpha value is -1.54. The summed E-state index contributed by atoms with van der Waals surface area (Å²) in [5.74, 6) is 6.33. The number of rotatable bonds is 5. The van der Waals surface area contributed by atoms with E-state index in [2.05, 4.69) is 16.7 Å². The topological polar surface area (TPSA) is 41.9 Å². The molecular weight excluding hydrogens is 254 g/mol. The minimum Gasteiger partial charge on any atom is -0.492 e. The van der Waals surface area contributed by atoms with Crippen molar-refractivity contribution in [1.29, 1.82) is 0 Å². The first kappa shape index (κ1) is 14.9. The number of benzene rings is 1. The largest absolute Gasteiger partial charge is 0.492 e. The third-order valence-electron chi connectivity index (χ3n) is 3.40. The fourth-order valence-electron chi connectivity index (χ4n) is 2.26. The van der Waals surface area contributed by atoms with Gasteiger partial charge in [-0.2, -0.15) is 0 Å². The van der Waals surface area contributed by atoms with E-state index in [1.807, 2.05) is 24.3 Å². The molecule has 1 heterocycles. The Morgan fingerprint density at radius 2 is 2.15 bits per heavy atom. The van der Waals surface area contributed by atoms with Gasteiger partial charge in [-0.3, -0.25) is 4.90 Å². The van der Waals surface area contributed by atoms with Crippen LogP contribution >= 0.6 is 0 Å². The van der Waals surface area contributed by atoms with E-state index in [9.17, 15) is 0 Å². The van der Waals surface area contributed by atoms with E-state index in [0.717, 1.165) is 37.4 Å². The lowest BCUT2D eigenvalue weighted by molar-refractivity contribution is 0.106. The summed E-state index contributed by atoms with van der Waals surface area (Å²) < 4.78 is 11.1. The average Bonchev–Trinajstić information content (AvgIpc) is 2.94. The molecule has 1 aromatic rings. The Balaban J connectivity index is 1.72. The molecule has 0 bridgehead atoms. The highest BCUT2D eigenvalue weighted by Crippen LogP contribution is 2.13. The van der Waals surface area contributed by atoms with Crippen molar-refractivity contribution >= 4 is 0 Å². The van der Waals surface area contributed by atoms with E-state index < -0.39 is 0 Å². The molecule has 1 fully saturated rings. The average molecular weight is 275 g/mol. The quantitative estimate of drug-likeness (QED) is 0.818. The zero-order valence-corrected chi connectivity index (χ0v) is 11.8. The van der Waals surface area contributed by atoms with Crippen LogP contribution in [0, 0.1) is 11.8 Å². The molecule has 4 nitrogen and oxygen atoms in total. The second-order valence-electron chi connectivity index (χ2n) is 4.78. The maximum atomic E-state index is 8.63. The summed E-state index contributed by atoms with van der Waals surface area (Å²) in [4.78, 5) is 2.36. The molecule has 1 N–H and O–H groups in total. The number of ether oxygens (including phenoxy) is 2. The molecule has 1 atom stereocenters. The molecule has 0 saturated carbocycles. The molecule has 0 aromatic heterocycles. The normalized spacial score (nSPS) is 18.6. The van der Waals surface area contributed by atoms with E-state index in [-0.39, 0.29) is 6.61 Å². The summed E-state index contributed by atoms with van der Waals surface area (Å²) in [6.07, 6.45) is 1.48. The van der Waals surface area contributed by atoms with Crippen molar-refractivity contribution in [1.82, 2.24) is 4.90 Å². The van der Waals surface area contributed by atoms with E-state index in [0.29, 0.717) is 12.7 Å². The van der Waals surface area contributed by atoms with Gasteiger partial charge in [0.05, 0.1) is 6.10 Å². The molecule has 1 aliphatic rings. The Morgan fingerprint density at radius 3 is 2.80 bits per heavy atom. The SMILES string of the molecule is COC1CCN(CCOc2ccc(C#CCO)cc2)C1. The van der Waals surface area contributed by atoms with Gasteiger partial charge in [0, 0.05) is 32.3 Å². The first-order chi connectivity index (χ1) is 9.81. The number of methoxy groups -OCH3 is 1. The fourth-order valence-corrected chi connectivity index (χ4v) is 2.26. The highest BCUT2D eigenvalue weighted by molar-refractivity contribution is 5.38. The molecule has 1 unspecified atom stereocenters. The summed E-state index contributed by atoms with van der Waals surface area (Å²) in [5.41, 5.74) is 0.883. The van der Waals surface area contributed by atoms with Crippen molar-refractivity contribution in [3.8, 4) is 17.6 Å². The predicted octanol–water partition coefficient (Wildman–Crippen LogP) is 1.13. The van der Waals surface area contributed by atoms with Crippen LogP contribution in [0.15, 0.2) is 24.3 Å². The first-order valence-electron chi connectivity index (χ1n) is 6.89. The molecule has 0 spiro atoms. The maximum Gasteiger partial charge on any atom is 0.119 e. The lowest BCUT2D eigenvalue weighted by Crippen LogP contribution is -2.27. The number of likely N-dealkylation sites (tertiary alicyclic amines) is 1. The van der Waals surface area contributed by atoms with Gasteiger partial charge in [-0.25, -0.2) is 0 Å². The van der Waals surface area contributed by atoms with Crippen LogP contribution in [0.5, 0.6) is 5.75 Å². The number of hydrogen-bond acceptors (Lipinski definition) is 4. The van der Waals surface area contributed by atoms with Crippen molar-refractivity contribution < 1.29 is 14.6 Å². The van der Waals surface area contributed by atoms with Gasteiger partial charge in [0.15, 0.2) is 0 Å². The maximum absolute atomic E-state index is 8.63. The third kappa shape index (κ3) is 4.53. The van der Waals surface area contributed by atoms with Crippen molar-refractivity contribution in [2.45, 2.75) is 12.5 Å². The van der Waals surface area contributed by atoms with Gasteiger partial charge in [-0.15, -0.1) is 0 Å². The summed E-state index contributed by atoms with van der Waals surface area (Å²) in [5, 5.41) is 8.63. The Kier molecular flexibility index (Phi) is 5.87. The molecule has 1 aromatic carbocycles. The number of aliphatic hydroxyl groups excluding tert-OH is 1. The van der Waals surface area contributed by atoms with Crippen molar-refractivity contribution in [2.24, 2.45) is 0 Å². The highest BCUT2D eigenvalue weighted by Gasteiger charge is 2.21. The van der Waals surface area contributed by atoms with Crippen LogP contribution in [0.25, 0.3) is 0 Å². The summed E-state index contributed by atoms with van der Waals surface area (Å²) in [7, 11) is 1.77. The molecule has 0 radical (unpaired) electrons. The summed E-state index contributed by atoms with van der Waals surface area (Å²) >= 11 is 0. The summed E-state index contributed by atoms with van der Waals surface area (Å²) in [6, 6.07) is 7.61. The van der Waals surface area contributed by atoms with Crippen LogP contribution in [-0.4, -0.2) is 56.1 Å². The molecule has 1 saturated heterocycles. The molecular formula is C16H21NO3. The Labute approximate surface area is 120 Å². The minimum atomic E-state index is -0.115. The summed E-state index contributed by atoms with van der Waals surface area (Å²) in [6.45, 7) is 3.56. The molecule has 20 heavy (non-hydrogen) atoms. The molecule has 1 aliphatic heterocycles. The minimum absolute atomic E-state index is 0.115. The number of nitrogens with zero attached hydrogens (tertiary/aromatic N) is 1. The van der Waals surface area contributed by atoms with Crippen molar-refractivity contribution in [3.63, 3.8) is 0 Å². The van der Waals surface area contributed by atoms with E-state index >= 15 is 0 Å². The van der Waals surface area contributed by atoms with Gasteiger partial charge in [0.2, 0.25) is 0 Å². The molecule has 108 valence electrons. The third-order valence-corrected chi connectivity index (χ3v) is 3.40. The van der Waals surface area contributed by atoms with Gasteiger partial charge >= 0.3 is 0 Å². The van der Waals surface area contributed by atoms with Gasteiger partial charge in [0.25, 0.3) is 0 Å². The first-order valence-corrected chi connectivity index (χ1v) is 6.89. The monoisotopic (exact) mass is 275 g/mol. The zero-order chi connectivity index (χ0) is 14.2. The molecule has 0 aliphatic carbocycles. The molecule has 4 heteroatoms. The van der Waals surface area contributed by atoms with Crippen LogP contribution in [0.1, 0.15) is 12.0 Å². The van der Waals surface area contributed by atoms with Crippen LogP contribution in [0.4, 0.5) is 0 Å². The van der Waals surface area contributed by atoms with Gasteiger partial charge in [0.1, 0.15) is 19.0 Å². The smallest absolute Gasteiger partial charge is 0.119 e. The number of aliphatic hydroxyl groups is 1. The number of hydrogen-bond donors (Lipinski definition) is 1. The molecule has 0 amide bonds.